The highest BCUT2D eigenvalue weighted by molar-refractivity contribution is 5.90. The minimum absolute atomic E-state index is 0.147. The maximum atomic E-state index is 9.15. The third kappa shape index (κ3) is 4.08. The van der Waals surface area contributed by atoms with Crippen LogP contribution in [0.25, 0.3) is 10.9 Å². The Hall–Kier alpha value is -2.70. The summed E-state index contributed by atoms with van der Waals surface area (Å²) in [5.41, 5.74) is 2.18. The molecule has 1 aliphatic rings. The molecule has 1 aromatic heterocycles. The van der Waals surface area contributed by atoms with Crippen molar-refractivity contribution >= 4 is 22.7 Å². The third-order valence-corrected chi connectivity index (χ3v) is 5.32. The Morgan fingerprint density at radius 3 is 2.43 bits per heavy atom. The zero-order valence-corrected chi connectivity index (χ0v) is 16.3. The van der Waals surface area contributed by atoms with E-state index in [-0.39, 0.29) is 12.6 Å². The number of benzene rings is 2. The van der Waals surface area contributed by atoms with E-state index in [4.69, 9.17) is 15.1 Å². The number of nitrogens with zero attached hydrogens (tertiary/aromatic N) is 4. The number of nitrogens with one attached hydrogen (secondary N) is 1. The molecule has 2 N–H and O–H groups in total. The summed E-state index contributed by atoms with van der Waals surface area (Å²) in [4.78, 5) is 14.2. The second-order valence-electron chi connectivity index (χ2n) is 7.22. The third-order valence-electron chi connectivity index (χ3n) is 5.32. The highest BCUT2D eigenvalue weighted by atomic mass is 16.3. The fourth-order valence-electron chi connectivity index (χ4n) is 3.66. The predicted molar refractivity (Wildman–Crippen MR) is 114 cm³/mol. The Morgan fingerprint density at radius 2 is 1.68 bits per heavy atom. The van der Waals surface area contributed by atoms with Crippen LogP contribution in [-0.4, -0.2) is 59.3 Å². The van der Waals surface area contributed by atoms with Gasteiger partial charge >= 0.3 is 0 Å². The molecule has 2 aromatic carbocycles. The van der Waals surface area contributed by atoms with Crippen molar-refractivity contribution in [1.29, 1.82) is 0 Å². The van der Waals surface area contributed by atoms with Crippen LogP contribution in [0.2, 0.25) is 0 Å². The lowest BCUT2D eigenvalue weighted by Gasteiger charge is -2.34. The van der Waals surface area contributed by atoms with E-state index in [1.807, 2.05) is 24.3 Å². The number of aliphatic hydroxyl groups is 1. The lowest BCUT2D eigenvalue weighted by atomic mass is 10.1. The maximum absolute atomic E-state index is 9.15. The Kier molecular flexibility index (Phi) is 5.69. The molecule has 1 atom stereocenters. The molecule has 0 unspecified atom stereocenters. The van der Waals surface area contributed by atoms with Gasteiger partial charge in [-0.15, -0.1) is 0 Å². The summed E-state index contributed by atoms with van der Waals surface area (Å²) in [5, 5.41) is 13.8. The number of β-amino-alcohol motifs (C(OH)–C–C–N with tert-alkyl or cyclic N) is 1. The molecule has 6 nitrogen and oxygen atoms in total. The van der Waals surface area contributed by atoms with Gasteiger partial charge in [-0.05, 0) is 24.6 Å². The first-order valence-corrected chi connectivity index (χ1v) is 9.91. The molecular weight excluding hydrogens is 350 g/mol. The molecule has 0 saturated carbocycles. The molecule has 28 heavy (non-hydrogen) atoms. The van der Waals surface area contributed by atoms with E-state index in [1.54, 1.807) is 0 Å². The molecule has 4 rings (SSSR count). The minimum atomic E-state index is 0.147. The molecule has 3 aromatic rings. The van der Waals surface area contributed by atoms with Crippen LogP contribution < -0.4 is 10.2 Å². The summed E-state index contributed by atoms with van der Waals surface area (Å²) < 4.78 is 0. The standard InChI is InChI=1S/C22H27N5O/c1-17(18-7-3-2-4-8-18)23-21-19-9-5-6-10-20(19)24-22(25-21)27-13-11-26(12-14-27)15-16-28/h2-10,17,28H,11-16H2,1H3,(H,23,24,25)/t17-/m1/s1. The topological polar surface area (TPSA) is 64.5 Å². The van der Waals surface area contributed by atoms with Gasteiger partial charge < -0.3 is 15.3 Å². The van der Waals surface area contributed by atoms with Crippen molar-refractivity contribution in [2.75, 3.05) is 49.5 Å². The molecule has 1 saturated heterocycles. The van der Waals surface area contributed by atoms with Crippen molar-refractivity contribution in [1.82, 2.24) is 14.9 Å². The van der Waals surface area contributed by atoms with Gasteiger partial charge in [-0.25, -0.2) is 4.98 Å². The molecule has 0 bridgehead atoms. The molecular formula is C22H27N5O. The molecule has 0 radical (unpaired) electrons. The zero-order valence-electron chi connectivity index (χ0n) is 16.3. The number of aliphatic hydroxyl groups excluding tert-OH is 1. The van der Waals surface area contributed by atoms with Gasteiger partial charge in [-0.1, -0.05) is 42.5 Å². The maximum Gasteiger partial charge on any atom is 0.227 e. The summed E-state index contributed by atoms with van der Waals surface area (Å²) in [6, 6.07) is 18.7. The SMILES string of the molecule is C[C@@H](Nc1nc(N2CCN(CCO)CC2)nc2ccccc12)c1ccccc1. The van der Waals surface area contributed by atoms with Gasteiger partial charge in [0.15, 0.2) is 0 Å². The average molecular weight is 377 g/mol. The van der Waals surface area contributed by atoms with Crippen LogP contribution >= 0.6 is 0 Å². The fraction of sp³-hybridized carbons (Fsp3) is 0.364. The Morgan fingerprint density at radius 1 is 0.964 bits per heavy atom. The van der Waals surface area contributed by atoms with Crippen LogP contribution in [-0.2, 0) is 0 Å². The van der Waals surface area contributed by atoms with Crippen molar-refractivity contribution in [3.63, 3.8) is 0 Å². The van der Waals surface area contributed by atoms with Crippen LogP contribution in [0.3, 0.4) is 0 Å². The van der Waals surface area contributed by atoms with E-state index in [2.05, 4.69) is 52.4 Å². The van der Waals surface area contributed by atoms with Crippen LogP contribution in [0, 0.1) is 0 Å². The summed E-state index contributed by atoms with van der Waals surface area (Å²) in [6.07, 6.45) is 0. The van der Waals surface area contributed by atoms with Gasteiger partial charge in [0.25, 0.3) is 0 Å². The fourth-order valence-corrected chi connectivity index (χ4v) is 3.66. The van der Waals surface area contributed by atoms with Gasteiger partial charge in [0.2, 0.25) is 5.95 Å². The summed E-state index contributed by atoms with van der Waals surface area (Å²) in [6.45, 7) is 6.66. The van der Waals surface area contributed by atoms with E-state index in [1.165, 1.54) is 5.56 Å². The number of hydrogen-bond donors (Lipinski definition) is 2. The highest BCUT2D eigenvalue weighted by Gasteiger charge is 2.20. The van der Waals surface area contributed by atoms with Crippen molar-refractivity contribution in [3.05, 3.63) is 60.2 Å². The Labute approximate surface area is 165 Å². The zero-order chi connectivity index (χ0) is 19.3. The minimum Gasteiger partial charge on any atom is -0.395 e. The number of anilines is 2. The van der Waals surface area contributed by atoms with Crippen LogP contribution in [0.1, 0.15) is 18.5 Å². The van der Waals surface area contributed by atoms with Crippen molar-refractivity contribution in [2.45, 2.75) is 13.0 Å². The van der Waals surface area contributed by atoms with Gasteiger partial charge in [0, 0.05) is 44.2 Å². The van der Waals surface area contributed by atoms with Gasteiger partial charge in [0.05, 0.1) is 12.1 Å². The Bertz CT molecular complexity index is 909. The first kappa shape index (κ1) is 18.7. The normalized spacial score (nSPS) is 16.3. The van der Waals surface area contributed by atoms with E-state index in [9.17, 15) is 0 Å². The molecule has 146 valence electrons. The number of rotatable bonds is 6. The quantitative estimate of drug-likeness (QED) is 0.689. The van der Waals surface area contributed by atoms with Crippen molar-refractivity contribution in [3.8, 4) is 0 Å². The molecule has 0 spiro atoms. The second-order valence-corrected chi connectivity index (χ2v) is 7.22. The van der Waals surface area contributed by atoms with E-state index < -0.39 is 0 Å². The first-order valence-electron chi connectivity index (χ1n) is 9.91. The summed E-state index contributed by atoms with van der Waals surface area (Å²) in [5.74, 6) is 1.64. The Balaban J connectivity index is 1.61. The summed E-state index contributed by atoms with van der Waals surface area (Å²) >= 11 is 0. The van der Waals surface area contributed by atoms with Crippen molar-refractivity contribution in [2.24, 2.45) is 0 Å². The lowest BCUT2D eigenvalue weighted by molar-refractivity contribution is 0.188. The van der Waals surface area contributed by atoms with Crippen LogP contribution in [0.4, 0.5) is 11.8 Å². The van der Waals surface area contributed by atoms with Crippen molar-refractivity contribution < 1.29 is 5.11 Å². The second kappa shape index (κ2) is 8.54. The predicted octanol–water partition coefficient (Wildman–Crippen LogP) is 2.92. The lowest BCUT2D eigenvalue weighted by Crippen LogP contribution is -2.47. The largest absolute Gasteiger partial charge is 0.395 e. The van der Waals surface area contributed by atoms with Gasteiger partial charge in [-0.2, -0.15) is 4.98 Å². The summed E-state index contributed by atoms with van der Waals surface area (Å²) in [7, 11) is 0. The molecule has 1 fully saturated rings. The van der Waals surface area contributed by atoms with Crippen LogP contribution in [0.5, 0.6) is 0 Å². The first-order chi connectivity index (χ1) is 13.7. The van der Waals surface area contributed by atoms with Crippen LogP contribution in [0.15, 0.2) is 54.6 Å². The van der Waals surface area contributed by atoms with Gasteiger partial charge in [-0.3, -0.25) is 4.90 Å². The number of fused-ring (bicyclic) bond motifs is 1. The highest BCUT2D eigenvalue weighted by Crippen LogP contribution is 2.27. The molecule has 0 amide bonds. The molecule has 6 heteroatoms. The number of hydrogen-bond acceptors (Lipinski definition) is 6. The number of para-hydroxylation sites is 1. The molecule has 1 aliphatic heterocycles. The smallest absolute Gasteiger partial charge is 0.227 e. The van der Waals surface area contributed by atoms with E-state index >= 15 is 0 Å². The molecule has 2 heterocycles. The number of aromatic nitrogens is 2. The monoisotopic (exact) mass is 377 g/mol. The average Bonchev–Trinajstić information content (AvgIpc) is 2.75. The number of piperazine rings is 1. The molecule has 0 aliphatic carbocycles. The van der Waals surface area contributed by atoms with Gasteiger partial charge in [0.1, 0.15) is 5.82 Å². The van der Waals surface area contributed by atoms with E-state index in [0.29, 0.717) is 0 Å². The van der Waals surface area contributed by atoms with E-state index in [0.717, 1.165) is 55.4 Å².